The summed E-state index contributed by atoms with van der Waals surface area (Å²) >= 11 is 0. The Morgan fingerprint density at radius 1 is 1.53 bits per heavy atom. The molecule has 0 unspecified atom stereocenters. The van der Waals surface area contributed by atoms with Crippen molar-refractivity contribution < 1.29 is 9.66 Å². The van der Waals surface area contributed by atoms with Gasteiger partial charge in [0.25, 0.3) is 5.69 Å². The van der Waals surface area contributed by atoms with E-state index in [2.05, 4.69) is 17.4 Å². The van der Waals surface area contributed by atoms with Gasteiger partial charge in [0.2, 0.25) is 0 Å². The first kappa shape index (κ1) is 13.6. The molecule has 7 heteroatoms. The van der Waals surface area contributed by atoms with Crippen LogP contribution in [0.15, 0.2) is 18.2 Å². The van der Waals surface area contributed by atoms with Crippen molar-refractivity contribution >= 4 is 11.4 Å². The monoisotopic (exact) mass is 266 g/mol. The highest BCUT2D eigenvalue weighted by molar-refractivity contribution is 5.55. The van der Waals surface area contributed by atoms with E-state index in [1.54, 1.807) is 6.07 Å². The van der Waals surface area contributed by atoms with Crippen LogP contribution >= 0.6 is 0 Å². The molecule has 0 radical (unpaired) electrons. The number of benzene rings is 1. The molecule has 0 heterocycles. The predicted octanol–water partition coefficient (Wildman–Crippen LogP) is 1.35. The van der Waals surface area contributed by atoms with E-state index in [-0.39, 0.29) is 5.69 Å². The van der Waals surface area contributed by atoms with E-state index in [4.69, 9.17) is 10.6 Å². The minimum Gasteiger partial charge on any atom is -0.492 e. The fraction of sp³-hybridized carbons (Fsp3) is 0.500. The minimum atomic E-state index is -0.468. The molecule has 104 valence electrons. The van der Waals surface area contributed by atoms with Crippen molar-refractivity contribution in [2.75, 3.05) is 25.6 Å². The van der Waals surface area contributed by atoms with Crippen molar-refractivity contribution in [3.8, 4) is 5.75 Å². The molecule has 0 saturated heterocycles. The van der Waals surface area contributed by atoms with Crippen LogP contribution < -0.4 is 16.0 Å². The van der Waals surface area contributed by atoms with Gasteiger partial charge in [0, 0.05) is 24.7 Å². The van der Waals surface area contributed by atoms with E-state index >= 15 is 0 Å². The molecule has 0 bridgehead atoms. The predicted molar refractivity (Wildman–Crippen MR) is 72.1 cm³/mol. The van der Waals surface area contributed by atoms with Crippen LogP contribution in [-0.2, 0) is 0 Å². The van der Waals surface area contributed by atoms with Crippen molar-refractivity contribution in [2.45, 2.75) is 18.9 Å². The number of nitrogens with zero attached hydrogens (tertiary/aromatic N) is 2. The Morgan fingerprint density at radius 2 is 2.26 bits per heavy atom. The molecule has 0 aliphatic heterocycles. The molecule has 1 saturated carbocycles. The van der Waals surface area contributed by atoms with Crippen molar-refractivity contribution in [3.05, 3.63) is 28.3 Å². The Labute approximate surface area is 111 Å². The summed E-state index contributed by atoms with van der Waals surface area (Å²) in [5.74, 6) is 5.73. The number of nitrogens with one attached hydrogen (secondary N) is 1. The van der Waals surface area contributed by atoms with Gasteiger partial charge in [-0.2, -0.15) is 0 Å². The molecule has 0 atom stereocenters. The normalized spacial score (nSPS) is 14.5. The van der Waals surface area contributed by atoms with Crippen molar-refractivity contribution in [2.24, 2.45) is 5.84 Å². The number of hydrazine groups is 1. The number of likely N-dealkylation sites (N-methyl/N-ethyl adjacent to an activating group) is 1. The fourth-order valence-corrected chi connectivity index (χ4v) is 1.86. The maximum absolute atomic E-state index is 10.8. The average molecular weight is 266 g/mol. The highest BCUT2D eigenvalue weighted by Crippen LogP contribution is 2.26. The van der Waals surface area contributed by atoms with Gasteiger partial charge in [-0.15, -0.1) is 0 Å². The van der Waals surface area contributed by atoms with E-state index in [0.717, 1.165) is 6.54 Å². The Balaban J connectivity index is 1.94. The molecule has 1 aliphatic rings. The number of nitrogen functional groups attached to an aromatic ring is 1. The van der Waals surface area contributed by atoms with Gasteiger partial charge < -0.3 is 15.1 Å². The van der Waals surface area contributed by atoms with E-state index in [0.29, 0.717) is 24.1 Å². The average Bonchev–Trinajstić information content (AvgIpc) is 3.22. The molecule has 1 aliphatic carbocycles. The number of nitrogens with two attached hydrogens (primary N) is 1. The van der Waals surface area contributed by atoms with E-state index < -0.39 is 4.92 Å². The second kappa shape index (κ2) is 5.85. The number of hydrogen-bond acceptors (Lipinski definition) is 6. The van der Waals surface area contributed by atoms with Crippen LogP contribution in [-0.4, -0.2) is 36.1 Å². The van der Waals surface area contributed by atoms with Crippen molar-refractivity contribution in [3.63, 3.8) is 0 Å². The topological polar surface area (TPSA) is 93.7 Å². The van der Waals surface area contributed by atoms with Gasteiger partial charge >= 0.3 is 0 Å². The number of non-ortho nitro benzene ring substituents is 1. The summed E-state index contributed by atoms with van der Waals surface area (Å²) in [6.45, 7) is 1.30. The van der Waals surface area contributed by atoms with Crippen LogP contribution in [0.4, 0.5) is 11.4 Å². The molecular formula is C12H18N4O3. The van der Waals surface area contributed by atoms with Crippen LogP contribution in [0.2, 0.25) is 0 Å². The first-order valence-corrected chi connectivity index (χ1v) is 6.19. The first-order chi connectivity index (χ1) is 9.10. The van der Waals surface area contributed by atoms with E-state index in [9.17, 15) is 10.1 Å². The molecule has 3 N–H and O–H groups in total. The third-order valence-electron chi connectivity index (χ3n) is 3.15. The molecule has 1 fully saturated rings. The molecule has 1 aromatic rings. The highest BCUT2D eigenvalue weighted by Gasteiger charge is 2.25. The molecule has 0 spiro atoms. The zero-order valence-corrected chi connectivity index (χ0v) is 10.8. The molecule has 19 heavy (non-hydrogen) atoms. The van der Waals surface area contributed by atoms with Crippen LogP contribution in [0.5, 0.6) is 5.75 Å². The van der Waals surface area contributed by atoms with Crippen LogP contribution in [0.25, 0.3) is 0 Å². The molecule has 2 rings (SSSR count). The van der Waals surface area contributed by atoms with Crippen LogP contribution in [0.3, 0.4) is 0 Å². The number of hydrogen-bond donors (Lipinski definition) is 2. The number of anilines is 1. The summed E-state index contributed by atoms with van der Waals surface area (Å²) < 4.78 is 5.55. The maximum atomic E-state index is 10.8. The van der Waals surface area contributed by atoms with Crippen LogP contribution in [0, 0.1) is 10.1 Å². The first-order valence-electron chi connectivity index (χ1n) is 6.19. The maximum Gasteiger partial charge on any atom is 0.275 e. The van der Waals surface area contributed by atoms with Gasteiger partial charge in [0.15, 0.2) is 0 Å². The van der Waals surface area contributed by atoms with Gasteiger partial charge in [-0.05, 0) is 19.9 Å². The fourth-order valence-electron chi connectivity index (χ4n) is 1.86. The van der Waals surface area contributed by atoms with Gasteiger partial charge in [0.1, 0.15) is 12.4 Å². The third kappa shape index (κ3) is 3.80. The minimum absolute atomic E-state index is 0.0407. The lowest BCUT2D eigenvalue weighted by molar-refractivity contribution is -0.384. The van der Waals surface area contributed by atoms with Crippen molar-refractivity contribution in [1.29, 1.82) is 0 Å². The lowest BCUT2D eigenvalue weighted by Gasteiger charge is -2.16. The second-order valence-corrected chi connectivity index (χ2v) is 4.68. The Kier molecular flexibility index (Phi) is 4.18. The van der Waals surface area contributed by atoms with Crippen LogP contribution in [0.1, 0.15) is 12.8 Å². The third-order valence-corrected chi connectivity index (χ3v) is 3.15. The zero-order valence-electron chi connectivity index (χ0n) is 10.8. The molecular weight excluding hydrogens is 248 g/mol. The quantitative estimate of drug-likeness (QED) is 0.439. The number of nitro benzene ring substituents is 1. The highest BCUT2D eigenvalue weighted by atomic mass is 16.6. The Bertz CT molecular complexity index is 462. The van der Waals surface area contributed by atoms with E-state index in [1.807, 2.05) is 0 Å². The molecule has 0 amide bonds. The Morgan fingerprint density at radius 3 is 2.84 bits per heavy atom. The van der Waals surface area contributed by atoms with Gasteiger partial charge in [0.05, 0.1) is 16.7 Å². The largest absolute Gasteiger partial charge is 0.492 e. The Hall–Kier alpha value is -1.86. The number of nitro groups is 1. The molecule has 0 aromatic heterocycles. The summed E-state index contributed by atoms with van der Waals surface area (Å²) in [7, 11) is 2.06. The lowest BCUT2D eigenvalue weighted by Crippen LogP contribution is -2.26. The molecule has 1 aromatic carbocycles. The van der Waals surface area contributed by atoms with Crippen molar-refractivity contribution in [1.82, 2.24) is 4.90 Å². The SMILES string of the molecule is CN(CCOc1cc(NN)cc([N+](=O)[O-])c1)C1CC1. The summed E-state index contributed by atoms with van der Waals surface area (Å²) in [5, 5.41) is 10.8. The van der Waals surface area contributed by atoms with Gasteiger partial charge in [-0.1, -0.05) is 0 Å². The summed E-state index contributed by atoms with van der Waals surface area (Å²) in [6, 6.07) is 5.08. The lowest BCUT2D eigenvalue weighted by atomic mass is 10.2. The standard InChI is InChI=1S/C12H18N4O3/c1-15(10-2-3-10)4-5-19-12-7-9(14-13)6-11(8-12)16(17)18/h6-8,10,14H,2-5,13H2,1H3. The summed E-state index contributed by atoms with van der Waals surface area (Å²) in [6.07, 6.45) is 2.49. The van der Waals surface area contributed by atoms with Gasteiger partial charge in [-0.25, -0.2) is 0 Å². The number of rotatable bonds is 7. The zero-order chi connectivity index (χ0) is 13.8. The van der Waals surface area contributed by atoms with Gasteiger partial charge in [-0.3, -0.25) is 16.0 Å². The smallest absolute Gasteiger partial charge is 0.275 e. The van der Waals surface area contributed by atoms with E-state index in [1.165, 1.54) is 25.0 Å². The second-order valence-electron chi connectivity index (χ2n) is 4.68. The number of ether oxygens (including phenoxy) is 1. The summed E-state index contributed by atoms with van der Waals surface area (Å²) in [5.41, 5.74) is 2.81. The molecule has 7 nitrogen and oxygen atoms in total. The summed E-state index contributed by atoms with van der Waals surface area (Å²) in [4.78, 5) is 12.5.